The van der Waals surface area contributed by atoms with Gasteiger partial charge >= 0.3 is 0 Å². The number of amides is 1. The molecule has 33 heavy (non-hydrogen) atoms. The van der Waals surface area contributed by atoms with Crippen LogP contribution in [0, 0.1) is 6.92 Å². The van der Waals surface area contributed by atoms with Crippen molar-refractivity contribution in [3.05, 3.63) is 72.1 Å². The maximum absolute atomic E-state index is 12.2. The van der Waals surface area contributed by atoms with Gasteiger partial charge in [0.05, 0.1) is 25.6 Å². The van der Waals surface area contributed by atoms with Gasteiger partial charge in [0.25, 0.3) is 5.91 Å². The molecule has 2 aromatic carbocycles. The van der Waals surface area contributed by atoms with Crippen LogP contribution in [0.4, 0.5) is 5.69 Å². The molecule has 0 radical (unpaired) electrons. The van der Waals surface area contributed by atoms with Crippen molar-refractivity contribution < 1.29 is 14.6 Å². The number of benzene rings is 2. The number of carbonyl (C=O) groups excluding carboxylic acids is 1. The monoisotopic (exact) mass is 466 g/mol. The first-order valence-electron chi connectivity index (χ1n) is 10.2. The minimum Gasteiger partial charge on any atom is -0.504 e. The highest BCUT2D eigenvalue weighted by atomic mass is 32.2. The molecule has 0 aliphatic rings. The van der Waals surface area contributed by atoms with Crippen molar-refractivity contribution in [3.63, 3.8) is 0 Å². The molecule has 9 nitrogen and oxygen atoms in total. The summed E-state index contributed by atoms with van der Waals surface area (Å²) in [6.45, 7) is 6.85. The highest BCUT2D eigenvalue weighted by Crippen LogP contribution is 2.28. The fourth-order valence-electron chi connectivity index (χ4n) is 2.87. The largest absolute Gasteiger partial charge is 0.504 e. The predicted octanol–water partition coefficient (Wildman–Crippen LogP) is 3.34. The first kappa shape index (κ1) is 23.9. The van der Waals surface area contributed by atoms with E-state index in [2.05, 4.69) is 32.6 Å². The minimum absolute atomic E-state index is 0.0447. The van der Waals surface area contributed by atoms with Crippen LogP contribution in [0.15, 0.2) is 65.4 Å². The lowest BCUT2D eigenvalue weighted by molar-refractivity contribution is -0.118. The van der Waals surface area contributed by atoms with Gasteiger partial charge in [-0.25, -0.2) is 5.43 Å². The number of nitrogens with one attached hydrogen (secondary N) is 2. The van der Waals surface area contributed by atoms with Crippen LogP contribution >= 0.6 is 11.8 Å². The van der Waals surface area contributed by atoms with Gasteiger partial charge in [-0.1, -0.05) is 41.6 Å². The SMILES string of the molecule is C=CCn1c(CNc2ccc(C)cc2)nnc1SCC(=O)N/N=C/c1cccc(OC)c1O. The Kier molecular flexibility index (Phi) is 8.48. The van der Waals surface area contributed by atoms with Crippen molar-refractivity contribution in [2.24, 2.45) is 5.10 Å². The van der Waals surface area contributed by atoms with E-state index in [1.54, 1.807) is 24.3 Å². The Morgan fingerprint density at radius 3 is 2.79 bits per heavy atom. The molecule has 0 aliphatic heterocycles. The van der Waals surface area contributed by atoms with Gasteiger partial charge < -0.3 is 19.7 Å². The van der Waals surface area contributed by atoms with E-state index in [4.69, 9.17) is 4.74 Å². The standard InChI is InChI=1S/C23H26N6O3S/c1-4-12-29-20(14-24-18-10-8-16(2)9-11-18)26-28-23(29)33-15-21(30)27-25-13-17-6-5-7-19(32-3)22(17)31/h4-11,13,24,31H,1,12,14-15H2,2-3H3,(H,27,30)/b25-13+. The van der Waals surface area contributed by atoms with E-state index in [1.165, 1.54) is 30.6 Å². The number of aromatic nitrogens is 3. The third-order valence-electron chi connectivity index (χ3n) is 4.58. The van der Waals surface area contributed by atoms with E-state index in [9.17, 15) is 9.90 Å². The quantitative estimate of drug-likeness (QED) is 0.172. The molecule has 1 aromatic heterocycles. The number of anilines is 1. The average Bonchev–Trinajstić information content (AvgIpc) is 3.20. The van der Waals surface area contributed by atoms with E-state index in [-0.39, 0.29) is 17.4 Å². The number of para-hydroxylation sites is 1. The number of ether oxygens (including phenoxy) is 1. The van der Waals surface area contributed by atoms with E-state index < -0.39 is 0 Å². The second kappa shape index (κ2) is 11.7. The van der Waals surface area contributed by atoms with Crippen molar-refractivity contribution in [2.45, 2.75) is 25.2 Å². The summed E-state index contributed by atoms with van der Waals surface area (Å²) in [6, 6.07) is 13.1. The van der Waals surface area contributed by atoms with Gasteiger partial charge in [0.1, 0.15) is 0 Å². The molecule has 3 N–H and O–H groups in total. The maximum Gasteiger partial charge on any atom is 0.250 e. The van der Waals surface area contributed by atoms with Crippen LogP contribution in [0.2, 0.25) is 0 Å². The fourth-order valence-corrected chi connectivity index (χ4v) is 3.62. The average molecular weight is 467 g/mol. The van der Waals surface area contributed by atoms with Gasteiger partial charge in [0.2, 0.25) is 0 Å². The smallest absolute Gasteiger partial charge is 0.250 e. The van der Waals surface area contributed by atoms with Gasteiger partial charge in [0, 0.05) is 17.8 Å². The molecular formula is C23H26N6O3S. The first-order valence-corrected chi connectivity index (χ1v) is 11.1. The van der Waals surface area contributed by atoms with Gasteiger partial charge in [0.15, 0.2) is 22.5 Å². The molecule has 0 aliphatic carbocycles. The second-order valence-electron chi connectivity index (χ2n) is 7.00. The zero-order valence-electron chi connectivity index (χ0n) is 18.5. The number of rotatable bonds is 11. The number of carbonyl (C=O) groups is 1. The molecule has 1 heterocycles. The summed E-state index contributed by atoms with van der Waals surface area (Å²) < 4.78 is 6.96. The molecule has 0 spiro atoms. The van der Waals surface area contributed by atoms with Crippen molar-refractivity contribution >= 4 is 29.6 Å². The number of allylic oxidation sites excluding steroid dienone is 1. The summed E-state index contributed by atoms with van der Waals surface area (Å²) in [4.78, 5) is 12.2. The molecule has 10 heteroatoms. The Hall–Kier alpha value is -3.79. The Morgan fingerprint density at radius 1 is 1.27 bits per heavy atom. The Bertz CT molecular complexity index is 1130. The first-order chi connectivity index (χ1) is 16.0. The predicted molar refractivity (Wildman–Crippen MR) is 130 cm³/mol. The Labute approximate surface area is 196 Å². The highest BCUT2D eigenvalue weighted by Gasteiger charge is 2.13. The Morgan fingerprint density at radius 2 is 2.06 bits per heavy atom. The molecule has 0 unspecified atom stereocenters. The second-order valence-corrected chi connectivity index (χ2v) is 7.94. The lowest BCUT2D eigenvalue weighted by Gasteiger charge is -2.09. The molecule has 0 saturated carbocycles. The third kappa shape index (κ3) is 6.59. The number of methoxy groups -OCH3 is 1. The van der Waals surface area contributed by atoms with Crippen LogP contribution in [-0.4, -0.2) is 44.9 Å². The number of phenols is 1. The number of phenolic OH excluding ortho intramolecular Hbond substituents is 1. The van der Waals surface area contributed by atoms with Crippen molar-refractivity contribution in [1.82, 2.24) is 20.2 Å². The topological polar surface area (TPSA) is 114 Å². The zero-order valence-corrected chi connectivity index (χ0v) is 19.3. The van der Waals surface area contributed by atoms with Crippen molar-refractivity contribution in [2.75, 3.05) is 18.2 Å². The summed E-state index contributed by atoms with van der Waals surface area (Å²) in [5.74, 6) is 0.810. The van der Waals surface area contributed by atoms with Gasteiger partial charge in [-0.05, 0) is 31.2 Å². The van der Waals surface area contributed by atoms with Crippen LogP contribution in [0.5, 0.6) is 11.5 Å². The summed E-state index contributed by atoms with van der Waals surface area (Å²) in [7, 11) is 1.46. The van der Waals surface area contributed by atoms with Gasteiger partial charge in [-0.3, -0.25) is 4.79 Å². The molecule has 3 aromatic rings. The number of hydrazone groups is 1. The van der Waals surface area contributed by atoms with Crippen LogP contribution in [0.25, 0.3) is 0 Å². The van der Waals surface area contributed by atoms with E-state index in [1.807, 2.05) is 35.8 Å². The molecular weight excluding hydrogens is 440 g/mol. The van der Waals surface area contributed by atoms with Gasteiger partial charge in [-0.15, -0.1) is 16.8 Å². The molecule has 0 atom stereocenters. The van der Waals surface area contributed by atoms with Crippen LogP contribution in [-0.2, 0) is 17.9 Å². The number of hydrogen-bond acceptors (Lipinski definition) is 8. The van der Waals surface area contributed by atoms with E-state index >= 15 is 0 Å². The maximum atomic E-state index is 12.2. The van der Waals surface area contributed by atoms with Crippen molar-refractivity contribution in [3.8, 4) is 11.5 Å². The molecule has 3 rings (SSSR count). The molecule has 172 valence electrons. The third-order valence-corrected chi connectivity index (χ3v) is 5.55. The number of nitrogens with zero attached hydrogens (tertiary/aromatic N) is 4. The number of thioether (sulfide) groups is 1. The molecule has 0 saturated heterocycles. The summed E-state index contributed by atoms with van der Waals surface area (Å²) in [5, 5.41) is 26.4. The zero-order chi connectivity index (χ0) is 23.6. The minimum atomic E-state index is -0.314. The summed E-state index contributed by atoms with van der Waals surface area (Å²) in [6.07, 6.45) is 3.11. The highest BCUT2D eigenvalue weighted by molar-refractivity contribution is 7.99. The lowest BCUT2D eigenvalue weighted by atomic mass is 10.2. The molecule has 0 fully saturated rings. The van der Waals surface area contributed by atoms with E-state index in [0.717, 1.165) is 11.5 Å². The fraction of sp³-hybridized carbons (Fsp3) is 0.217. The van der Waals surface area contributed by atoms with Crippen LogP contribution in [0.3, 0.4) is 0 Å². The number of aryl methyl sites for hydroxylation is 1. The Balaban J connectivity index is 1.56. The van der Waals surface area contributed by atoms with E-state index in [0.29, 0.717) is 29.6 Å². The molecule has 0 bridgehead atoms. The number of aromatic hydroxyl groups is 1. The lowest BCUT2D eigenvalue weighted by Crippen LogP contribution is -2.20. The summed E-state index contributed by atoms with van der Waals surface area (Å²) >= 11 is 1.25. The van der Waals surface area contributed by atoms with Gasteiger partial charge in [-0.2, -0.15) is 5.10 Å². The molecule has 1 amide bonds. The number of hydrogen-bond donors (Lipinski definition) is 3. The summed E-state index contributed by atoms with van der Waals surface area (Å²) in [5.41, 5.74) is 5.05. The normalized spacial score (nSPS) is 10.8. The van der Waals surface area contributed by atoms with Crippen LogP contribution < -0.4 is 15.5 Å². The van der Waals surface area contributed by atoms with Crippen molar-refractivity contribution in [1.29, 1.82) is 0 Å². The van der Waals surface area contributed by atoms with Crippen LogP contribution in [0.1, 0.15) is 17.0 Å².